The fourth-order valence-corrected chi connectivity index (χ4v) is 7.30. The third-order valence-electron chi connectivity index (χ3n) is 7.86. The number of carbonyl (C=O) groups excluding carboxylic acids is 2. The van der Waals surface area contributed by atoms with Gasteiger partial charge >= 0.3 is 5.97 Å². The summed E-state index contributed by atoms with van der Waals surface area (Å²) in [5.74, 6) is -0.620. The molecule has 1 atom stereocenters. The lowest BCUT2D eigenvalue weighted by Crippen LogP contribution is -2.38. The first-order valence-corrected chi connectivity index (χ1v) is 15.8. The van der Waals surface area contributed by atoms with E-state index in [0.717, 1.165) is 29.5 Å². The zero-order chi connectivity index (χ0) is 28.8. The van der Waals surface area contributed by atoms with E-state index in [1.165, 1.54) is 0 Å². The van der Waals surface area contributed by atoms with Crippen LogP contribution in [-0.4, -0.2) is 40.0 Å². The predicted molar refractivity (Wildman–Crippen MR) is 159 cm³/mol. The molecule has 1 aliphatic heterocycles. The molecule has 0 spiro atoms. The van der Waals surface area contributed by atoms with Crippen LogP contribution in [0.3, 0.4) is 0 Å². The van der Waals surface area contributed by atoms with Crippen molar-refractivity contribution >= 4 is 33.3 Å². The van der Waals surface area contributed by atoms with E-state index < -0.39 is 10.0 Å². The van der Waals surface area contributed by atoms with Gasteiger partial charge in [0.05, 0.1) is 24.6 Å². The SMILES string of the molecule is CCOC(=O)C1CCN(c2ccc(NC(=O)Cc3ccccc3)cc2S(=O)(=O)N[C@H]2CCCc3ccccc32)CC1. The number of piperidine rings is 1. The van der Waals surface area contributed by atoms with E-state index in [1.807, 2.05) is 53.4 Å². The molecule has 1 heterocycles. The van der Waals surface area contributed by atoms with Crippen LogP contribution in [-0.2, 0) is 37.2 Å². The molecule has 3 aromatic rings. The second kappa shape index (κ2) is 12.9. The molecular formula is C32H37N3O5S. The number of fused-ring (bicyclic) bond motifs is 1. The highest BCUT2D eigenvalue weighted by atomic mass is 32.2. The Bertz CT molecular complexity index is 1480. The Morgan fingerprint density at radius 2 is 1.68 bits per heavy atom. The van der Waals surface area contributed by atoms with E-state index in [1.54, 1.807) is 25.1 Å². The number of nitrogens with one attached hydrogen (secondary N) is 2. The van der Waals surface area contributed by atoms with Gasteiger partial charge in [-0.3, -0.25) is 9.59 Å². The third-order valence-corrected chi connectivity index (χ3v) is 9.36. The van der Waals surface area contributed by atoms with E-state index in [0.29, 0.717) is 50.3 Å². The average Bonchev–Trinajstić information content (AvgIpc) is 2.98. The number of nitrogens with zero attached hydrogens (tertiary/aromatic N) is 1. The maximum atomic E-state index is 14.0. The van der Waals surface area contributed by atoms with Crippen molar-refractivity contribution in [1.82, 2.24) is 4.72 Å². The summed E-state index contributed by atoms with van der Waals surface area (Å²) in [5, 5.41) is 2.88. The summed E-state index contributed by atoms with van der Waals surface area (Å²) in [4.78, 5) is 27.2. The number of benzene rings is 3. The number of hydrogen-bond donors (Lipinski definition) is 2. The standard InChI is InChI=1S/C32H37N3O5S/c1-2-40-32(37)25-17-19-35(20-18-25)29-16-15-26(33-31(36)21-23-9-4-3-5-10-23)22-30(29)41(38,39)34-28-14-8-12-24-11-6-7-13-27(24)28/h3-7,9-11,13,15-16,22,25,28,34H,2,8,12,14,17-21H2,1H3,(H,33,36)/t28-/m0/s1. The molecule has 0 saturated carbocycles. The molecule has 0 aromatic heterocycles. The predicted octanol–water partition coefficient (Wildman–Crippen LogP) is 5.00. The fourth-order valence-electron chi connectivity index (χ4n) is 5.80. The van der Waals surface area contributed by atoms with Gasteiger partial charge < -0.3 is 15.0 Å². The minimum absolute atomic E-state index is 0.118. The largest absolute Gasteiger partial charge is 0.466 e. The lowest BCUT2D eigenvalue weighted by atomic mass is 9.88. The van der Waals surface area contributed by atoms with Crippen molar-refractivity contribution in [1.29, 1.82) is 0 Å². The zero-order valence-corrected chi connectivity index (χ0v) is 24.2. The van der Waals surface area contributed by atoms with Crippen molar-refractivity contribution in [3.05, 3.63) is 89.5 Å². The Morgan fingerprint density at radius 3 is 2.44 bits per heavy atom. The lowest BCUT2D eigenvalue weighted by molar-refractivity contribution is -0.148. The number of hydrogen-bond acceptors (Lipinski definition) is 6. The maximum Gasteiger partial charge on any atom is 0.309 e. The van der Waals surface area contributed by atoms with Gasteiger partial charge in [0.15, 0.2) is 0 Å². The molecule has 41 heavy (non-hydrogen) atoms. The third kappa shape index (κ3) is 6.97. The molecule has 9 heteroatoms. The van der Waals surface area contributed by atoms with Crippen molar-refractivity contribution in [2.45, 2.75) is 56.4 Å². The number of sulfonamides is 1. The van der Waals surface area contributed by atoms with E-state index >= 15 is 0 Å². The van der Waals surface area contributed by atoms with E-state index in [9.17, 15) is 18.0 Å². The molecule has 5 rings (SSSR count). The average molecular weight is 576 g/mol. The molecule has 0 bridgehead atoms. The first-order chi connectivity index (χ1) is 19.8. The maximum absolute atomic E-state index is 14.0. The molecule has 3 aromatic carbocycles. The van der Waals surface area contributed by atoms with Gasteiger partial charge in [-0.05, 0) is 73.9 Å². The van der Waals surface area contributed by atoms with Crippen molar-refractivity contribution in [3.63, 3.8) is 0 Å². The molecular weight excluding hydrogens is 538 g/mol. The number of anilines is 2. The summed E-state index contributed by atoms with van der Waals surface area (Å²) in [7, 11) is -3.97. The topological polar surface area (TPSA) is 105 Å². The van der Waals surface area contributed by atoms with Crippen LogP contribution in [0.4, 0.5) is 11.4 Å². The number of aryl methyl sites for hydroxylation is 1. The molecule has 8 nitrogen and oxygen atoms in total. The Kier molecular flexibility index (Phi) is 9.05. The highest BCUT2D eigenvalue weighted by Crippen LogP contribution is 2.35. The van der Waals surface area contributed by atoms with E-state index in [4.69, 9.17) is 4.74 Å². The molecule has 2 N–H and O–H groups in total. The number of esters is 1. The van der Waals surface area contributed by atoms with Crippen LogP contribution >= 0.6 is 0 Å². The van der Waals surface area contributed by atoms with Gasteiger partial charge in [0.2, 0.25) is 15.9 Å². The van der Waals surface area contributed by atoms with Gasteiger partial charge in [0, 0.05) is 24.8 Å². The van der Waals surface area contributed by atoms with Crippen LogP contribution in [0.2, 0.25) is 0 Å². The van der Waals surface area contributed by atoms with Gasteiger partial charge in [-0.1, -0.05) is 54.6 Å². The van der Waals surface area contributed by atoms with Crippen LogP contribution in [0.25, 0.3) is 0 Å². The van der Waals surface area contributed by atoms with Crippen LogP contribution < -0.4 is 14.9 Å². The normalized spacial score (nSPS) is 17.5. The van der Waals surface area contributed by atoms with Crippen LogP contribution in [0, 0.1) is 5.92 Å². The van der Waals surface area contributed by atoms with Gasteiger partial charge in [0.1, 0.15) is 4.90 Å². The monoisotopic (exact) mass is 575 g/mol. The van der Waals surface area contributed by atoms with Gasteiger partial charge in [0.25, 0.3) is 0 Å². The van der Waals surface area contributed by atoms with Gasteiger partial charge in [-0.15, -0.1) is 0 Å². The smallest absolute Gasteiger partial charge is 0.309 e. The number of rotatable bonds is 9. The van der Waals surface area contributed by atoms with Gasteiger partial charge in [-0.25, -0.2) is 13.1 Å². The zero-order valence-electron chi connectivity index (χ0n) is 23.3. The van der Waals surface area contributed by atoms with E-state index in [-0.39, 0.29) is 35.2 Å². The summed E-state index contributed by atoms with van der Waals surface area (Å²) >= 11 is 0. The highest BCUT2D eigenvalue weighted by molar-refractivity contribution is 7.89. The second-order valence-electron chi connectivity index (χ2n) is 10.7. The Labute approximate surface area is 242 Å². The Balaban J connectivity index is 1.41. The first kappa shape index (κ1) is 28.8. The Morgan fingerprint density at radius 1 is 0.951 bits per heavy atom. The van der Waals surface area contributed by atoms with Crippen LogP contribution in [0.5, 0.6) is 0 Å². The number of ether oxygens (including phenoxy) is 1. The van der Waals surface area contributed by atoms with E-state index in [2.05, 4.69) is 16.1 Å². The molecule has 1 aliphatic carbocycles. The van der Waals surface area contributed by atoms with Crippen molar-refractivity contribution in [2.75, 3.05) is 29.9 Å². The van der Waals surface area contributed by atoms with Crippen LogP contribution in [0.15, 0.2) is 77.7 Å². The van der Waals surface area contributed by atoms with Crippen molar-refractivity contribution < 1.29 is 22.7 Å². The molecule has 216 valence electrons. The summed E-state index contributed by atoms with van der Waals surface area (Å²) in [6.45, 7) is 3.19. The number of carbonyl (C=O) groups is 2. The number of amides is 1. The Hall–Kier alpha value is -3.69. The van der Waals surface area contributed by atoms with Crippen molar-refractivity contribution in [2.24, 2.45) is 5.92 Å². The first-order valence-electron chi connectivity index (χ1n) is 14.3. The minimum Gasteiger partial charge on any atom is -0.466 e. The highest BCUT2D eigenvalue weighted by Gasteiger charge is 2.32. The molecule has 2 aliphatic rings. The summed E-state index contributed by atoms with van der Waals surface area (Å²) in [5.41, 5.74) is 4.02. The molecule has 1 amide bonds. The molecule has 1 fully saturated rings. The van der Waals surface area contributed by atoms with Gasteiger partial charge in [-0.2, -0.15) is 0 Å². The minimum atomic E-state index is -3.97. The summed E-state index contributed by atoms with van der Waals surface area (Å²) in [6.07, 6.45) is 3.88. The molecule has 0 unspecified atom stereocenters. The molecule has 1 saturated heterocycles. The summed E-state index contributed by atoms with van der Waals surface area (Å²) in [6, 6.07) is 22.1. The lowest BCUT2D eigenvalue weighted by Gasteiger charge is -2.34. The quantitative estimate of drug-likeness (QED) is 0.348. The van der Waals surface area contributed by atoms with Crippen molar-refractivity contribution in [3.8, 4) is 0 Å². The summed E-state index contributed by atoms with van der Waals surface area (Å²) < 4.78 is 36.2. The van der Waals surface area contributed by atoms with Crippen LogP contribution in [0.1, 0.15) is 55.3 Å². The fraction of sp³-hybridized carbons (Fsp3) is 0.375. The molecule has 0 radical (unpaired) electrons. The second-order valence-corrected chi connectivity index (χ2v) is 12.4.